The summed E-state index contributed by atoms with van der Waals surface area (Å²) >= 11 is 1.84. The standard InChI is InChI=1S/C51H33N4S/c1-5-16-33(17-6-1)37-31-42(36-26-27-40-43(30-36)38-22-11-12-23-39(38)47(40)55-28-13-4-14-29-55)48-44(32-37)46-41(24-15-25-45(46)56-48)51-53-49(34-18-7-2-8-19-34)52-50(54-51)35-20-9-3-10-21-35/h1-32,47H/q+1. The molecule has 11 rings (SSSR count). The highest BCUT2D eigenvalue weighted by atomic mass is 32.1. The molecule has 0 aliphatic heterocycles. The molecule has 1 atom stereocenters. The topological polar surface area (TPSA) is 42.5 Å². The van der Waals surface area contributed by atoms with Crippen molar-refractivity contribution in [3.05, 3.63) is 206 Å². The lowest BCUT2D eigenvalue weighted by atomic mass is 9.93. The minimum atomic E-state index is 0.126. The molecular formula is C51H33N4S+. The van der Waals surface area contributed by atoms with Crippen LogP contribution in [0.3, 0.4) is 0 Å². The molecule has 3 heterocycles. The van der Waals surface area contributed by atoms with Gasteiger partial charge in [0.15, 0.2) is 29.9 Å². The maximum Gasteiger partial charge on any atom is 0.210 e. The number of hydrogen-bond acceptors (Lipinski definition) is 4. The van der Waals surface area contributed by atoms with Crippen molar-refractivity contribution < 1.29 is 4.57 Å². The molecule has 262 valence electrons. The van der Waals surface area contributed by atoms with E-state index in [0.29, 0.717) is 17.5 Å². The molecule has 7 aromatic carbocycles. The van der Waals surface area contributed by atoms with Gasteiger partial charge in [0.1, 0.15) is 0 Å². The van der Waals surface area contributed by atoms with Gasteiger partial charge in [-0.1, -0.05) is 146 Å². The van der Waals surface area contributed by atoms with Crippen LogP contribution in [0.25, 0.3) is 87.7 Å². The third-order valence-corrected chi connectivity index (χ3v) is 12.1. The number of thiophene rings is 1. The summed E-state index contributed by atoms with van der Waals surface area (Å²) < 4.78 is 4.76. The first-order valence-corrected chi connectivity index (χ1v) is 19.7. The Morgan fingerprint density at radius 3 is 1.68 bits per heavy atom. The number of pyridine rings is 1. The highest BCUT2D eigenvalue weighted by Gasteiger charge is 2.35. The monoisotopic (exact) mass is 733 g/mol. The van der Waals surface area contributed by atoms with E-state index in [9.17, 15) is 0 Å². The molecule has 0 bridgehead atoms. The maximum absolute atomic E-state index is 5.17. The van der Waals surface area contributed by atoms with Crippen molar-refractivity contribution in [2.45, 2.75) is 6.04 Å². The summed E-state index contributed by atoms with van der Waals surface area (Å²) in [4.78, 5) is 15.3. The summed E-state index contributed by atoms with van der Waals surface area (Å²) in [5.41, 5.74) is 12.9. The number of fused-ring (bicyclic) bond motifs is 6. The molecule has 1 aliphatic rings. The Bertz CT molecular complexity index is 3010. The van der Waals surface area contributed by atoms with E-state index < -0.39 is 0 Å². The second kappa shape index (κ2) is 13.3. The van der Waals surface area contributed by atoms with Crippen LogP contribution in [0.5, 0.6) is 0 Å². The van der Waals surface area contributed by atoms with Crippen LogP contribution in [-0.4, -0.2) is 15.0 Å². The fourth-order valence-electron chi connectivity index (χ4n) is 8.30. The Labute approximate surface area is 328 Å². The van der Waals surface area contributed by atoms with Gasteiger partial charge in [0, 0.05) is 65.7 Å². The lowest BCUT2D eigenvalue weighted by Crippen LogP contribution is -2.38. The molecule has 1 aliphatic carbocycles. The van der Waals surface area contributed by atoms with Gasteiger partial charge >= 0.3 is 0 Å². The van der Waals surface area contributed by atoms with Gasteiger partial charge in [0.2, 0.25) is 6.04 Å². The third kappa shape index (κ3) is 5.44. The zero-order chi connectivity index (χ0) is 37.0. The Hall–Kier alpha value is -7.08. The number of aromatic nitrogens is 4. The largest absolute Gasteiger partial charge is 0.210 e. The van der Waals surface area contributed by atoms with Gasteiger partial charge in [-0.25, -0.2) is 15.0 Å². The number of benzene rings is 7. The van der Waals surface area contributed by atoms with Gasteiger partial charge in [-0.15, -0.1) is 11.3 Å². The van der Waals surface area contributed by atoms with E-state index in [4.69, 9.17) is 15.0 Å². The van der Waals surface area contributed by atoms with Crippen molar-refractivity contribution >= 4 is 31.5 Å². The predicted molar refractivity (Wildman–Crippen MR) is 229 cm³/mol. The Balaban J connectivity index is 1.15. The molecule has 4 nitrogen and oxygen atoms in total. The molecular weight excluding hydrogens is 701 g/mol. The SMILES string of the molecule is c1ccc(-c2cc(-c3ccc4c(c3)-c3ccccc3C4[n+]3ccccc3)c3sc4cccc(-c5nc(-c6ccccc6)nc(-c6ccccc6)n5)c4c3c2)cc1. The predicted octanol–water partition coefficient (Wildman–Crippen LogP) is 12.5. The second-order valence-corrected chi connectivity index (χ2v) is 15.3. The zero-order valence-corrected chi connectivity index (χ0v) is 31.1. The molecule has 0 saturated carbocycles. The van der Waals surface area contributed by atoms with Gasteiger partial charge in [-0.05, 0) is 52.1 Å². The van der Waals surface area contributed by atoms with Gasteiger partial charge in [-0.3, -0.25) is 0 Å². The van der Waals surface area contributed by atoms with Crippen LogP contribution < -0.4 is 4.57 Å². The first kappa shape index (κ1) is 32.4. The van der Waals surface area contributed by atoms with Crippen molar-refractivity contribution in [1.82, 2.24) is 15.0 Å². The third-order valence-electron chi connectivity index (χ3n) is 10.9. The average molecular weight is 734 g/mol. The number of hydrogen-bond donors (Lipinski definition) is 0. The van der Waals surface area contributed by atoms with Crippen molar-refractivity contribution in [3.63, 3.8) is 0 Å². The van der Waals surface area contributed by atoms with E-state index in [1.165, 1.54) is 59.3 Å². The highest BCUT2D eigenvalue weighted by Crippen LogP contribution is 2.49. The van der Waals surface area contributed by atoms with E-state index >= 15 is 0 Å². The maximum atomic E-state index is 5.17. The van der Waals surface area contributed by atoms with Crippen LogP contribution in [0.1, 0.15) is 17.2 Å². The molecule has 1 unspecified atom stereocenters. The quantitative estimate of drug-likeness (QED) is 0.160. The van der Waals surface area contributed by atoms with Gasteiger partial charge in [0.05, 0.1) is 0 Å². The van der Waals surface area contributed by atoms with E-state index in [-0.39, 0.29) is 6.04 Å². The van der Waals surface area contributed by atoms with Crippen molar-refractivity contribution in [2.24, 2.45) is 0 Å². The molecule has 0 fully saturated rings. The zero-order valence-electron chi connectivity index (χ0n) is 30.2. The fraction of sp³-hybridized carbons (Fsp3) is 0.0196. The van der Waals surface area contributed by atoms with Crippen molar-refractivity contribution in [3.8, 4) is 67.5 Å². The van der Waals surface area contributed by atoms with Crippen LogP contribution in [-0.2, 0) is 0 Å². The highest BCUT2D eigenvalue weighted by molar-refractivity contribution is 7.26. The van der Waals surface area contributed by atoms with Gasteiger partial charge < -0.3 is 0 Å². The van der Waals surface area contributed by atoms with Crippen LogP contribution in [0, 0.1) is 0 Å². The molecule has 0 spiro atoms. The summed E-state index contributed by atoms with van der Waals surface area (Å²) in [6, 6.07) is 64.7. The van der Waals surface area contributed by atoms with E-state index in [0.717, 1.165) is 22.1 Å². The molecule has 0 N–H and O–H groups in total. The summed E-state index contributed by atoms with van der Waals surface area (Å²) in [6.07, 6.45) is 4.34. The average Bonchev–Trinajstić information content (AvgIpc) is 3.83. The smallest absolute Gasteiger partial charge is 0.208 e. The first-order chi connectivity index (χ1) is 27.8. The normalized spacial score (nSPS) is 13.2. The van der Waals surface area contributed by atoms with E-state index in [1.54, 1.807) is 0 Å². The Morgan fingerprint density at radius 2 is 0.964 bits per heavy atom. The molecule has 0 amide bonds. The molecule has 5 heteroatoms. The summed E-state index contributed by atoms with van der Waals surface area (Å²) in [5.74, 6) is 1.97. The second-order valence-electron chi connectivity index (χ2n) is 14.2. The van der Waals surface area contributed by atoms with Gasteiger partial charge in [0.25, 0.3) is 0 Å². The number of rotatable bonds is 6. The summed E-state index contributed by atoms with van der Waals surface area (Å²) in [6.45, 7) is 0. The minimum absolute atomic E-state index is 0.126. The Morgan fingerprint density at radius 1 is 0.393 bits per heavy atom. The van der Waals surface area contributed by atoms with Crippen molar-refractivity contribution in [2.75, 3.05) is 0 Å². The van der Waals surface area contributed by atoms with Crippen LogP contribution in [0.2, 0.25) is 0 Å². The van der Waals surface area contributed by atoms with Gasteiger partial charge in [-0.2, -0.15) is 4.57 Å². The lowest BCUT2D eigenvalue weighted by Gasteiger charge is -2.12. The lowest BCUT2D eigenvalue weighted by molar-refractivity contribution is -0.704. The van der Waals surface area contributed by atoms with E-state index in [1.807, 2.05) is 47.7 Å². The van der Waals surface area contributed by atoms with Crippen LogP contribution in [0.15, 0.2) is 194 Å². The summed E-state index contributed by atoms with van der Waals surface area (Å²) in [5, 5.41) is 2.35. The van der Waals surface area contributed by atoms with Crippen LogP contribution >= 0.6 is 11.3 Å². The molecule has 56 heavy (non-hydrogen) atoms. The molecule has 3 aromatic heterocycles. The fourth-order valence-corrected chi connectivity index (χ4v) is 9.55. The minimum Gasteiger partial charge on any atom is -0.208 e. The molecule has 10 aromatic rings. The van der Waals surface area contributed by atoms with E-state index in [2.05, 4.69) is 163 Å². The number of nitrogens with zero attached hydrogens (tertiary/aromatic N) is 4. The van der Waals surface area contributed by atoms with Crippen molar-refractivity contribution in [1.29, 1.82) is 0 Å². The molecule has 0 saturated heterocycles. The Kier molecular flexibility index (Phi) is 7.71. The van der Waals surface area contributed by atoms with Crippen LogP contribution in [0.4, 0.5) is 0 Å². The first-order valence-electron chi connectivity index (χ1n) is 18.9. The molecule has 0 radical (unpaired) electrons. The summed E-state index contributed by atoms with van der Waals surface area (Å²) in [7, 11) is 0.